The van der Waals surface area contributed by atoms with Gasteiger partial charge < -0.3 is 5.73 Å². The van der Waals surface area contributed by atoms with Crippen molar-refractivity contribution in [1.82, 2.24) is 4.90 Å². The van der Waals surface area contributed by atoms with Gasteiger partial charge in [0, 0.05) is 12.6 Å². The number of nitrogens with two attached hydrogens (primary N) is 1. The summed E-state index contributed by atoms with van der Waals surface area (Å²) in [6.07, 6.45) is -3.32. The Kier molecular flexibility index (Phi) is 4.94. The number of piperidine rings is 1. The van der Waals surface area contributed by atoms with E-state index in [-0.39, 0.29) is 6.04 Å². The summed E-state index contributed by atoms with van der Waals surface area (Å²) in [5.41, 5.74) is 5.62. The fraction of sp³-hybridized carbons (Fsp3) is 0.625. The molecule has 0 spiro atoms. The average molecular weight is 300 g/mol. The zero-order valence-corrected chi connectivity index (χ0v) is 12.5. The summed E-state index contributed by atoms with van der Waals surface area (Å²) in [4.78, 5) is 2.13. The Bertz CT molecular complexity index is 473. The molecule has 3 atom stereocenters. The third kappa shape index (κ3) is 3.58. The number of rotatable bonds is 3. The lowest BCUT2D eigenvalue weighted by Gasteiger charge is -2.40. The highest BCUT2D eigenvalue weighted by Crippen LogP contribution is 2.37. The smallest absolute Gasteiger partial charge is 0.330 e. The van der Waals surface area contributed by atoms with Crippen molar-refractivity contribution in [3.8, 4) is 0 Å². The molecule has 2 nitrogen and oxygen atoms in total. The number of halogens is 3. The van der Waals surface area contributed by atoms with Crippen molar-refractivity contribution in [2.45, 2.75) is 32.5 Å². The van der Waals surface area contributed by atoms with Gasteiger partial charge in [-0.05, 0) is 49.9 Å². The van der Waals surface area contributed by atoms with Gasteiger partial charge in [0.05, 0.1) is 5.56 Å². The van der Waals surface area contributed by atoms with E-state index >= 15 is 0 Å². The van der Waals surface area contributed by atoms with Gasteiger partial charge in [-0.15, -0.1) is 0 Å². The highest BCUT2D eigenvalue weighted by atomic mass is 19.4. The Labute approximate surface area is 124 Å². The predicted molar refractivity (Wildman–Crippen MR) is 77.8 cm³/mol. The first kappa shape index (κ1) is 16.3. The minimum absolute atomic E-state index is 0.246. The van der Waals surface area contributed by atoms with Crippen LogP contribution in [0.15, 0.2) is 24.3 Å². The van der Waals surface area contributed by atoms with Crippen LogP contribution in [0.2, 0.25) is 0 Å². The first-order valence-corrected chi connectivity index (χ1v) is 7.44. The maximum Gasteiger partial charge on any atom is 0.416 e. The lowest BCUT2D eigenvalue weighted by atomic mass is 9.85. The SMILES string of the molecule is CC1CCN(C(C)c2ccccc2C(F)(F)F)CC1CN. The predicted octanol–water partition coefficient (Wildman–Crippen LogP) is 3.68. The number of hydrogen-bond donors (Lipinski definition) is 1. The third-order valence-electron chi connectivity index (χ3n) is 4.71. The van der Waals surface area contributed by atoms with Crippen molar-refractivity contribution in [1.29, 1.82) is 0 Å². The Balaban J connectivity index is 2.23. The molecule has 0 radical (unpaired) electrons. The molecular formula is C16H23F3N2. The molecule has 0 bridgehead atoms. The van der Waals surface area contributed by atoms with Gasteiger partial charge >= 0.3 is 6.18 Å². The lowest BCUT2D eigenvalue weighted by molar-refractivity contribution is -0.138. The fourth-order valence-corrected chi connectivity index (χ4v) is 3.15. The minimum Gasteiger partial charge on any atom is -0.330 e. The van der Waals surface area contributed by atoms with Gasteiger partial charge in [-0.3, -0.25) is 4.90 Å². The second-order valence-corrected chi connectivity index (χ2v) is 6.02. The van der Waals surface area contributed by atoms with E-state index in [0.29, 0.717) is 23.9 Å². The number of likely N-dealkylation sites (tertiary alicyclic amines) is 1. The summed E-state index contributed by atoms with van der Waals surface area (Å²) in [5.74, 6) is 0.899. The molecule has 0 saturated carbocycles. The minimum atomic E-state index is -4.30. The third-order valence-corrected chi connectivity index (χ3v) is 4.71. The van der Waals surface area contributed by atoms with Crippen LogP contribution >= 0.6 is 0 Å². The summed E-state index contributed by atoms with van der Waals surface area (Å²) in [7, 11) is 0. The van der Waals surface area contributed by atoms with Crippen LogP contribution in [0.5, 0.6) is 0 Å². The molecule has 1 heterocycles. The molecule has 0 aromatic heterocycles. The Hall–Kier alpha value is -1.07. The van der Waals surface area contributed by atoms with Gasteiger partial charge in [0.25, 0.3) is 0 Å². The summed E-state index contributed by atoms with van der Waals surface area (Å²) >= 11 is 0. The molecule has 0 aliphatic carbocycles. The number of nitrogens with zero attached hydrogens (tertiary/aromatic N) is 1. The highest BCUT2D eigenvalue weighted by molar-refractivity contribution is 5.32. The summed E-state index contributed by atoms with van der Waals surface area (Å²) < 4.78 is 39.4. The molecule has 5 heteroatoms. The van der Waals surface area contributed by atoms with E-state index in [9.17, 15) is 13.2 Å². The normalized spacial score (nSPS) is 25.8. The molecule has 3 unspecified atom stereocenters. The van der Waals surface area contributed by atoms with E-state index < -0.39 is 11.7 Å². The van der Waals surface area contributed by atoms with E-state index in [1.807, 2.05) is 6.92 Å². The Morgan fingerprint density at radius 2 is 2.00 bits per heavy atom. The van der Waals surface area contributed by atoms with Crippen LogP contribution in [-0.2, 0) is 6.18 Å². The summed E-state index contributed by atoms with van der Waals surface area (Å²) in [5, 5.41) is 0. The van der Waals surface area contributed by atoms with Gasteiger partial charge in [0.1, 0.15) is 0 Å². The topological polar surface area (TPSA) is 29.3 Å². The zero-order chi connectivity index (χ0) is 15.6. The first-order chi connectivity index (χ1) is 9.84. The monoisotopic (exact) mass is 300 g/mol. The lowest BCUT2D eigenvalue weighted by Crippen LogP contribution is -2.43. The quantitative estimate of drug-likeness (QED) is 0.922. The second-order valence-electron chi connectivity index (χ2n) is 6.02. The average Bonchev–Trinajstić information content (AvgIpc) is 2.46. The molecule has 118 valence electrons. The largest absolute Gasteiger partial charge is 0.416 e. The van der Waals surface area contributed by atoms with Crippen LogP contribution in [0.1, 0.15) is 37.4 Å². The standard InChI is InChI=1S/C16H23F3N2/c1-11-7-8-21(10-13(11)9-20)12(2)14-5-3-4-6-15(14)16(17,18)19/h3-6,11-13H,7-10,20H2,1-2H3. The summed E-state index contributed by atoms with van der Waals surface area (Å²) in [6.45, 7) is 6.21. The van der Waals surface area contributed by atoms with E-state index in [0.717, 1.165) is 19.5 Å². The van der Waals surface area contributed by atoms with Crippen molar-refractivity contribution < 1.29 is 13.2 Å². The van der Waals surface area contributed by atoms with Crippen molar-refractivity contribution in [3.63, 3.8) is 0 Å². The number of hydrogen-bond acceptors (Lipinski definition) is 2. The van der Waals surface area contributed by atoms with Crippen LogP contribution < -0.4 is 5.73 Å². The van der Waals surface area contributed by atoms with Gasteiger partial charge in [-0.25, -0.2) is 0 Å². The van der Waals surface area contributed by atoms with Crippen LogP contribution in [0.3, 0.4) is 0 Å². The molecular weight excluding hydrogens is 277 g/mol. The highest BCUT2D eigenvalue weighted by Gasteiger charge is 2.36. The molecule has 1 aliphatic heterocycles. The maximum absolute atomic E-state index is 13.1. The van der Waals surface area contributed by atoms with Crippen LogP contribution in [0, 0.1) is 11.8 Å². The molecule has 1 saturated heterocycles. The zero-order valence-electron chi connectivity index (χ0n) is 12.5. The van der Waals surface area contributed by atoms with E-state index in [4.69, 9.17) is 5.73 Å². The van der Waals surface area contributed by atoms with Gasteiger partial charge in [0.2, 0.25) is 0 Å². The second kappa shape index (κ2) is 6.36. The van der Waals surface area contributed by atoms with Crippen molar-refractivity contribution in [2.75, 3.05) is 19.6 Å². The van der Waals surface area contributed by atoms with Crippen LogP contribution in [0.25, 0.3) is 0 Å². The molecule has 1 aliphatic rings. The molecule has 1 aromatic rings. The van der Waals surface area contributed by atoms with Crippen LogP contribution in [-0.4, -0.2) is 24.5 Å². The van der Waals surface area contributed by atoms with E-state index in [1.54, 1.807) is 12.1 Å². The molecule has 1 fully saturated rings. The maximum atomic E-state index is 13.1. The van der Waals surface area contributed by atoms with E-state index in [1.165, 1.54) is 12.1 Å². The number of alkyl halides is 3. The molecule has 2 N–H and O–H groups in total. The van der Waals surface area contributed by atoms with Crippen LogP contribution in [0.4, 0.5) is 13.2 Å². The summed E-state index contributed by atoms with van der Waals surface area (Å²) in [6, 6.07) is 5.62. The molecule has 2 rings (SSSR count). The fourth-order valence-electron chi connectivity index (χ4n) is 3.15. The molecule has 1 aromatic carbocycles. The van der Waals surface area contributed by atoms with Gasteiger partial charge in [0.15, 0.2) is 0 Å². The Morgan fingerprint density at radius 1 is 1.33 bits per heavy atom. The molecule has 0 amide bonds. The number of benzene rings is 1. The van der Waals surface area contributed by atoms with Crippen molar-refractivity contribution in [2.24, 2.45) is 17.6 Å². The Morgan fingerprint density at radius 3 is 2.62 bits per heavy atom. The van der Waals surface area contributed by atoms with E-state index in [2.05, 4.69) is 11.8 Å². The van der Waals surface area contributed by atoms with Gasteiger partial charge in [-0.2, -0.15) is 13.2 Å². The molecule has 21 heavy (non-hydrogen) atoms. The first-order valence-electron chi connectivity index (χ1n) is 7.44. The van der Waals surface area contributed by atoms with Crippen molar-refractivity contribution >= 4 is 0 Å². The van der Waals surface area contributed by atoms with Crippen molar-refractivity contribution in [3.05, 3.63) is 35.4 Å². The van der Waals surface area contributed by atoms with Gasteiger partial charge in [-0.1, -0.05) is 25.1 Å².